The molecule has 2 aliphatic heterocycles. The average Bonchev–Trinajstić information content (AvgIpc) is 3.17. The number of hydrogen-bond acceptors (Lipinski definition) is 6. The van der Waals surface area contributed by atoms with Gasteiger partial charge in [-0.25, -0.2) is 4.90 Å². The molecule has 1 aromatic carbocycles. The minimum Gasteiger partial charge on any atom is -0.381 e. The molecule has 2 atom stereocenters. The van der Waals surface area contributed by atoms with E-state index in [4.69, 9.17) is 4.84 Å². The summed E-state index contributed by atoms with van der Waals surface area (Å²) < 4.78 is 0. The molecule has 7 heteroatoms. The Labute approximate surface area is 142 Å². The molecule has 0 aliphatic carbocycles. The van der Waals surface area contributed by atoms with Crippen molar-refractivity contribution < 1.29 is 19.2 Å². The fourth-order valence-electron chi connectivity index (χ4n) is 3.03. The summed E-state index contributed by atoms with van der Waals surface area (Å²) >= 11 is 0. The Kier molecular flexibility index (Phi) is 3.42. The van der Waals surface area contributed by atoms with E-state index in [1.807, 2.05) is 0 Å². The number of rotatable bonds is 3. The van der Waals surface area contributed by atoms with Crippen LogP contribution in [0, 0.1) is 5.92 Å². The van der Waals surface area contributed by atoms with Gasteiger partial charge in [-0.2, -0.15) is 0 Å². The Hall–Kier alpha value is -3.35. The van der Waals surface area contributed by atoms with Gasteiger partial charge in [0.05, 0.1) is 5.69 Å². The highest BCUT2D eigenvalue weighted by molar-refractivity contribution is 6.32. The van der Waals surface area contributed by atoms with E-state index in [0.29, 0.717) is 22.5 Å². The van der Waals surface area contributed by atoms with E-state index in [9.17, 15) is 14.4 Å². The SMILES string of the molecule is CC(=O)c1ccc(N2C(=O)[C@@H]3C(c4cccnc4)=NO[C@H]3C2=O)cc1. The number of carbonyl (C=O) groups excluding carboxylic acids is 3. The van der Waals surface area contributed by atoms with Gasteiger partial charge < -0.3 is 4.84 Å². The van der Waals surface area contributed by atoms with Gasteiger partial charge in [0.15, 0.2) is 5.78 Å². The number of oxime groups is 1. The van der Waals surface area contributed by atoms with Gasteiger partial charge in [-0.15, -0.1) is 0 Å². The first-order valence-electron chi connectivity index (χ1n) is 7.71. The molecule has 1 fully saturated rings. The van der Waals surface area contributed by atoms with E-state index in [1.165, 1.54) is 6.92 Å². The Bertz CT molecular complexity index is 906. The molecule has 2 amide bonds. The number of benzene rings is 1. The number of carbonyl (C=O) groups is 3. The maximum absolute atomic E-state index is 12.9. The van der Waals surface area contributed by atoms with Crippen molar-refractivity contribution in [3.8, 4) is 0 Å². The van der Waals surface area contributed by atoms with Gasteiger partial charge in [0.1, 0.15) is 11.6 Å². The fourth-order valence-corrected chi connectivity index (χ4v) is 3.03. The van der Waals surface area contributed by atoms with Crippen molar-refractivity contribution in [3.63, 3.8) is 0 Å². The molecule has 0 radical (unpaired) electrons. The molecule has 1 aromatic heterocycles. The number of pyridine rings is 1. The molecule has 2 aromatic rings. The van der Waals surface area contributed by atoms with Gasteiger partial charge in [-0.3, -0.25) is 19.4 Å². The first-order chi connectivity index (χ1) is 12.1. The summed E-state index contributed by atoms with van der Waals surface area (Å²) in [6.07, 6.45) is 2.23. The zero-order valence-electron chi connectivity index (χ0n) is 13.2. The first-order valence-corrected chi connectivity index (χ1v) is 7.71. The van der Waals surface area contributed by atoms with E-state index in [-0.39, 0.29) is 5.78 Å². The Morgan fingerprint density at radius 3 is 2.52 bits per heavy atom. The molecule has 7 nitrogen and oxygen atoms in total. The standard InChI is InChI=1S/C18H13N3O4/c1-10(22)11-4-6-13(7-5-11)21-17(23)14-15(12-3-2-8-19-9-12)20-25-16(14)18(21)24/h2-9,14,16H,1H3/t14-,16-/m1/s1. The quantitative estimate of drug-likeness (QED) is 0.627. The van der Waals surface area contributed by atoms with Crippen LogP contribution in [0.3, 0.4) is 0 Å². The van der Waals surface area contributed by atoms with E-state index in [2.05, 4.69) is 10.1 Å². The maximum atomic E-state index is 12.9. The van der Waals surface area contributed by atoms with Gasteiger partial charge in [0.2, 0.25) is 12.0 Å². The molecule has 1 saturated heterocycles. The van der Waals surface area contributed by atoms with Crippen LogP contribution in [0.1, 0.15) is 22.8 Å². The lowest BCUT2D eigenvalue weighted by atomic mass is 9.95. The number of fused-ring (bicyclic) bond motifs is 1. The molecule has 3 heterocycles. The Morgan fingerprint density at radius 2 is 1.88 bits per heavy atom. The highest BCUT2D eigenvalue weighted by atomic mass is 16.6. The molecule has 124 valence electrons. The van der Waals surface area contributed by atoms with E-state index in [1.54, 1.807) is 48.8 Å². The van der Waals surface area contributed by atoms with Crippen LogP contribution in [0.2, 0.25) is 0 Å². The monoisotopic (exact) mass is 335 g/mol. The molecular formula is C18H13N3O4. The number of aromatic nitrogens is 1. The van der Waals surface area contributed by atoms with Crippen molar-refractivity contribution in [1.82, 2.24) is 4.98 Å². The van der Waals surface area contributed by atoms with Crippen molar-refractivity contribution in [2.75, 3.05) is 4.90 Å². The second-order valence-corrected chi connectivity index (χ2v) is 5.84. The molecule has 25 heavy (non-hydrogen) atoms. The number of nitrogens with zero attached hydrogens (tertiary/aromatic N) is 3. The van der Waals surface area contributed by atoms with Crippen LogP contribution in [-0.2, 0) is 14.4 Å². The second kappa shape index (κ2) is 5.62. The lowest BCUT2D eigenvalue weighted by Gasteiger charge is -2.15. The number of hydrogen-bond donors (Lipinski definition) is 0. The molecule has 0 spiro atoms. The average molecular weight is 335 g/mol. The second-order valence-electron chi connectivity index (χ2n) is 5.84. The van der Waals surface area contributed by atoms with Gasteiger partial charge in [-0.1, -0.05) is 5.16 Å². The first kappa shape index (κ1) is 15.2. The summed E-state index contributed by atoms with van der Waals surface area (Å²) in [5.74, 6) is -1.74. The number of amides is 2. The third-order valence-corrected chi connectivity index (χ3v) is 4.30. The summed E-state index contributed by atoms with van der Waals surface area (Å²) in [4.78, 5) is 47.2. The zero-order chi connectivity index (χ0) is 17.6. The molecule has 4 rings (SSSR count). The number of ketones is 1. The van der Waals surface area contributed by atoms with Crippen molar-refractivity contribution in [1.29, 1.82) is 0 Å². The van der Waals surface area contributed by atoms with Gasteiger partial charge in [0.25, 0.3) is 5.91 Å². The highest BCUT2D eigenvalue weighted by Gasteiger charge is 2.56. The number of anilines is 1. The van der Waals surface area contributed by atoms with Crippen LogP contribution >= 0.6 is 0 Å². The predicted molar refractivity (Wildman–Crippen MR) is 88.1 cm³/mol. The third-order valence-electron chi connectivity index (χ3n) is 4.30. The van der Waals surface area contributed by atoms with E-state index < -0.39 is 23.8 Å². The van der Waals surface area contributed by atoms with E-state index >= 15 is 0 Å². The van der Waals surface area contributed by atoms with Crippen LogP contribution < -0.4 is 4.90 Å². The maximum Gasteiger partial charge on any atom is 0.278 e. The summed E-state index contributed by atoms with van der Waals surface area (Å²) in [5, 5.41) is 3.92. The molecule has 2 aliphatic rings. The van der Waals surface area contributed by atoms with Crippen molar-refractivity contribution in [3.05, 3.63) is 59.9 Å². The molecular weight excluding hydrogens is 322 g/mol. The largest absolute Gasteiger partial charge is 0.381 e. The predicted octanol–water partition coefficient (Wildman–Crippen LogP) is 1.58. The minimum atomic E-state index is -0.963. The van der Waals surface area contributed by atoms with Crippen LogP contribution in [0.25, 0.3) is 0 Å². The topological polar surface area (TPSA) is 88.9 Å². The van der Waals surface area contributed by atoms with E-state index in [0.717, 1.165) is 4.90 Å². The Morgan fingerprint density at radius 1 is 1.12 bits per heavy atom. The summed E-state index contributed by atoms with van der Waals surface area (Å²) in [5.41, 5.74) is 1.96. The van der Waals surface area contributed by atoms with Crippen molar-refractivity contribution in [2.24, 2.45) is 11.1 Å². The molecule has 0 bridgehead atoms. The number of Topliss-reactive ketones (excluding diaryl/α,β-unsaturated/α-hetero) is 1. The smallest absolute Gasteiger partial charge is 0.278 e. The van der Waals surface area contributed by atoms with Crippen LogP contribution in [0.15, 0.2) is 53.9 Å². The minimum absolute atomic E-state index is 0.0863. The molecule has 0 N–H and O–H groups in total. The molecule has 0 unspecified atom stereocenters. The number of imide groups is 1. The Balaban J connectivity index is 1.67. The summed E-state index contributed by atoms with van der Waals surface area (Å²) in [7, 11) is 0. The van der Waals surface area contributed by atoms with Gasteiger partial charge in [-0.05, 0) is 43.3 Å². The van der Waals surface area contributed by atoms with Gasteiger partial charge >= 0.3 is 0 Å². The molecule has 0 saturated carbocycles. The van der Waals surface area contributed by atoms with Crippen LogP contribution in [-0.4, -0.2) is 34.4 Å². The highest BCUT2D eigenvalue weighted by Crippen LogP contribution is 2.35. The lowest BCUT2D eigenvalue weighted by Crippen LogP contribution is -2.33. The van der Waals surface area contributed by atoms with Crippen LogP contribution in [0.4, 0.5) is 5.69 Å². The zero-order valence-corrected chi connectivity index (χ0v) is 13.2. The van der Waals surface area contributed by atoms with Crippen LogP contribution in [0.5, 0.6) is 0 Å². The fraction of sp³-hybridized carbons (Fsp3) is 0.167. The van der Waals surface area contributed by atoms with Crippen molar-refractivity contribution >= 4 is 29.0 Å². The van der Waals surface area contributed by atoms with Crippen molar-refractivity contribution in [2.45, 2.75) is 13.0 Å². The summed E-state index contributed by atoms with van der Waals surface area (Å²) in [6.45, 7) is 1.45. The normalized spacial score (nSPS) is 21.8. The summed E-state index contributed by atoms with van der Waals surface area (Å²) in [6, 6.07) is 9.82. The van der Waals surface area contributed by atoms with Gasteiger partial charge in [0, 0.05) is 23.5 Å². The lowest BCUT2D eigenvalue weighted by molar-refractivity contribution is -0.126. The third kappa shape index (κ3) is 2.32.